The second kappa shape index (κ2) is 3.18. The van der Waals surface area contributed by atoms with Crippen LogP contribution in [0.4, 0.5) is 0 Å². The number of furan rings is 1. The Morgan fingerprint density at radius 1 is 1.43 bits per heavy atom. The zero-order valence-electron chi connectivity index (χ0n) is 7.73. The van der Waals surface area contributed by atoms with Gasteiger partial charge in [-0.3, -0.25) is 4.79 Å². The first kappa shape index (κ1) is 8.81. The Labute approximate surface area is 81.0 Å². The fourth-order valence-electron chi connectivity index (χ4n) is 1.40. The average molecular weight is 190 g/mol. The molecule has 0 radical (unpaired) electrons. The molecule has 72 valence electrons. The molecule has 0 aliphatic carbocycles. The zero-order chi connectivity index (χ0) is 10.1. The van der Waals surface area contributed by atoms with Crippen molar-refractivity contribution in [1.82, 2.24) is 0 Å². The van der Waals surface area contributed by atoms with Gasteiger partial charge in [-0.2, -0.15) is 0 Å². The minimum Gasteiger partial charge on any atom is -0.481 e. The number of carboxylic acids is 1. The Bertz CT molecular complexity index is 470. The molecule has 3 nitrogen and oxygen atoms in total. The number of hydrogen-bond acceptors (Lipinski definition) is 2. The number of fused-ring (bicyclic) bond motifs is 1. The molecular weight excluding hydrogens is 180 g/mol. The predicted molar refractivity (Wildman–Crippen MR) is 52.3 cm³/mol. The van der Waals surface area contributed by atoms with Gasteiger partial charge in [0.2, 0.25) is 0 Å². The predicted octanol–water partition coefficient (Wildman–Crippen LogP) is 2.62. The topological polar surface area (TPSA) is 50.4 Å². The summed E-state index contributed by atoms with van der Waals surface area (Å²) in [6.45, 7) is 1.67. The van der Waals surface area contributed by atoms with Crippen molar-refractivity contribution in [3.63, 3.8) is 0 Å². The molecule has 1 N–H and O–H groups in total. The number of hydrogen-bond donors (Lipinski definition) is 1. The van der Waals surface area contributed by atoms with Crippen molar-refractivity contribution in [2.24, 2.45) is 0 Å². The van der Waals surface area contributed by atoms with Crippen LogP contribution in [-0.4, -0.2) is 11.1 Å². The molecule has 0 aliphatic heterocycles. The van der Waals surface area contributed by atoms with Crippen LogP contribution in [0.25, 0.3) is 11.0 Å². The highest BCUT2D eigenvalue weighted by atomic mass is 16.4. The first-order valence-electron chi connectivity index (χ1n) is 4.38. The van der Waals surface area contributed by atoms with E-state index in [0.717, 1.165) is 16.5 Å². The van der Waals surface area contributed by atoms with Crippen molar-refractivity contribution in [3.05, 3.63) is 36.1 Å². The van der Waals surface area contributed by atoms with Crippen LogP contribution >= 0.6 is 0 Å². The van der Waals surface area contributed by atoms with Gasteiger partial charge in [0.1, 0.15) is 5.58 Å². The summed E-state index contributed by atoms with van der Waals surface area (Å²) in [7, 11) is 0. The molecule has 1 unspecified atom stereocenters. The molecule has 3 heteroatoms. The van der Waals surface area contributed by atoms with Crippen molar-refractivity contribution in [2.45, 2.75) is 12.8 Å². The fraction of sp³-hybridized carbons (Fsp3) is 0.182. The third-order valence-electron chi connectivity index (χ3n) is 2.35. The Hall–Kier alpha value is -1.77. The van der Waals surface area contributed by atoms with Gasteiger partial charge in [0, 0.05) is 5.39 Å². The third kappa shape index (κ3) is 1.37. The SMILES string of the molecule is CC(C(=O)O)c1ccc2occc2c1. The van der Waals surface area contributed by atoms with Crippen molar-refractivity contribution in [1.29, 1.82) is 0 Å². The Kier molecular flexibility index (Phi) is 2.00. The smallest absolute Gasteiger partial charge is 0.310 e. The van der Waals surface area contributed by atoms with Crippen LogP contribution in [0.2, 0.25) is 0 Å². The normalized spacial score (nSPS) is 12.9. The zero-order valence-corrected chi connectivity index (χ0v) is 7.73. The summed E-state index contributed by atoms with van der Waals surface area (Å²) in [6, 6.07) is 7.25. The lowest BCUT2D eigenvalue weighted by molar-refractivity contribution is -0.138. The molecule has 1 aromatic heterocycles. The molecule has 0 saturated heterocycles. The summed E-state index contributed by atoms with van der Waals surface area (Å²) < 4.78 is 5.17. The lowest BCUT2D eigenvalue weighted by Crippen LogP contribution is -2.06. The Morgan fingerprint density at radius 3 is 2.93 bits per heavy atom. The molecule has 0 amide bonds. The van der Waals surface area contributed by atoms with E-state index in [4.69, 9.17) is 9.52 Å². The lowest BCUT2D eigenvalue weighted by Gasteiger charge is -2.05. The second-order valence-electron chi connectivity index (χ2n) is 3.28. The van der Waals surface area contributed by atoms with Crippen LogP contribution in [-0.2, 0) is 4.79 Å². The summed E-state index contributed by atoms with van der Waals surface area (Å²) in [5, 5.41) is 9.78. The minimum atomic E-state index is -0.812. The van der Waals surface area contributed by atoms with E-state index in [-0.39, 0.29) is 0 Å². The molecule has 14 heavy (non-hydrogen) atoms. The molecular formula is C11H10O3. The van der Waals surface area contributed by atoms with Crippen LogP contribution in [0, 0.1) is 0 Å². The van der Waals surface area contributed by atoms with E-state index in [2.05, 4.69) is 0 Å². The van der Waals surface area contributed by atoms with Gasteiger partial charge < -0.3 is 9.52 Å². The van der Waals surface area contributed by atoms with Crippen LogP contribution in [0.15, 0.2) is 34.9 Å². The maximum Gasteiger partial charge on any atom is 0.310 e. The molecule has 0 fully saturated rings. The molecule has 2 aromatic rings. The van der Waals surface area contributed by atoms with E-state index in [0.29, 0.717) is 0 Å². The van der Waals surface area contributed by atoms with Crippen LogP contribution in [0.5, 0.6) is 0 Å². The van der Waals surface area contributed by atoms with E-state index in [1.807, 2.05) is 12.1 Å². The summed E-state index contributed by atoms with van der Waals surface area (Å²) in [5.74, 6) is -1.29. The first-order chi connectivity index (χ1) is 6.68. The molecule has 0 bridgehead atoms. The number of carboxylic acid groups (broad SMARTS) is 1. The second-order valence-corrected chi connectivity index (χ2v) is 3.28. The molecule has 0 spiro atoms. The summed E-state index contributed by atoms with van der Waals surface area (Å²) in [5.41, 5.74) is 1.58. The maximum atomic E-state index is 10.8. The van der Waals surface area contributed by atoms with Gasteiger partial charge in [0.15, 0.2) is 0 Å². The van der Waals surface area contributed by atoms with E-state index in [9.17, 15) is 4.79 Å². The standard InChI is InChI=1S/C11H10O3/c1-7(11(12)13)8-2-3-10-9(6-8)4-5-14-10/h2-7H,1H3,(H,12,13). The number of benzene rings is 1. The van der Waals surface area contributed by atoms with Gasteiger partial charge in [-0.05, 0) is 30.7 Å². The van der Waals surface area contributed by atoms with Gasteiger partial charge in [0.25, 0.3) is 0 Å². The van der Waals surface area contributed by atoms with E-state index in [1.165, 1.54) is 0 Å². The summed E-state index contributed by atoms with van der Waals surface area (Å²) in [6.07, 6.45) is 1.60. The third-order valence-corrected chi connectivity index (χ3v) is 2.35. The van der Waals surface area contributed by atoms with Gasteiger partial charge in [0.05, 0.1) is 12.2 Å². The Morgan fingerprint density at radius 2 is 2.21 bits per heavy atom. The molecule has 1 aromatic carbocycles. The number of aliphatic carboxylic acids is 1. The van der Waals surface area contributed by atoms with E-state index >= 15 is 0 Å². The molecule has 1 heterocycles. The highest BCUT2D eigenvalue weighted by Gasteiger charge is 2.13. The minimum absolute atomic E-state index is 0.478. The van der Waals surface area contributed by atoms with Gasteiger partial charge >= 0.3 is 5.97 Å². The molecule has 0 saturated carbocycles. The molecule has 1 atom stereocenters. The first-order valence-corrected chi connectivity index (χ1v) is 4.38. The van der Waals surface area contributed by atoms with Gasteiger partial charge in [-0.1, -0.05) is 6.07 Å². The van der Waals surface area contributed by atoms with Gasteiger partial charge in [-0.15, -0.1) is 0 Å². The van der Waals surface area contributed by atoms with Crippen molar-refractivity contribution < 1.29 is 14.3 Å². The highest BCUT2D eigenvalue weighted by molar-refractivity contribution is 5.81. The summed E-state index contributed by atoms with van der Waals surface area (Å²) in [4.78, 5) is 10.8. The monoisotopic (exact) mass is 190 g/mol. The van der Waals surface area contributed by atoms with Crippen molar-refractivity contribution in [3.8, 4) is 0 Å². The van der Waals surface area contributed by atoms with Gasteiger partial charge in [-0.25, -0.2) is 0 Å². The Balaban J connectivity index is 2.48. The number of carbonyl (C=O) groups is 1. The van der Waals surface area contributed by atoms with Crippen LogP contribution < -0.4 is 0 Å². The quantitative estimate of drug-likeness (QED) is 0.791. The van der Waals surface area contributed by atoms with Crippen LogP contribution in [0.3, 0.4) is 0 Å². The average Bonchev–Trinajstić information content (AvgIpc) is 2.62. The number of rotatable bonds is 2. The summed E-state index contributed by atoms with van der Waals surface area (Å²) >= 11 is 0. The van der Waals surface area contributed by atoms with Crippen molar-refractivity contribution in [2.75, 3.05) is 0 Å². The fourth-order valence-corrected chi connectivity index (χ4v) is 1.40. The lowest BCUT2D eigenvalue weighted by atomic mass is 10.0. The molecule has 2 rings (SSSR count). The molecule has 0 aliphatic rings. The van der Waals surface area contributed by atoms with E-state index < -0.39 is 11.9 Å². The highest BCUT2D eigenvalue weighted by Crippen LogP contribution is 2.22. The van der Waals surface area contributed by atoms with E-state index in [1.54, 1.807) is 25.3 Å². The van der Waals surface area contributed by atoms with Crippen LogP contribution in [0.1, 0.15) is 18.4 Å². The largest absolute Gasteiger partial charge is 0.481 e. The maximum absolute atomic E-state index is 10.8. The van der Waals surface area contributed by atoms with Crippen molar-refractivity contribution >= 4 is 16.9 Å².